The van der Waals surface area contributed by atoms with Gasteiger partial charge in [-0.05, 0) is 56.5 Å². The first-order valence-corrected chi connectivity index (χ1v) is 11.3. The minimum atomic E-state index is -1.18. The van der Waals surface area contributed by atoms with Crippen molar-refractivity contribution in [1.82, 2.24) is 0 Å². The van der Waals surface area contributed by atoms with Crippen molar-refractivity contribution < 1.29 is 23.8 Å². The fourth-order valence-corrected chi connectivity index (χ4v) is 4.13. The van der Waals surface area contributed by atoms with Crippen LogP contribution in [0.1, 0.15) is 39.2 Å². The Morgan fingerprint density at radius 3 is 2.69 bits per heavy atom. The Morgan fingerprint density at radius 2 is 2.03 bits per heavy atom. The molecule has 7 heteroatoms. The molecule has 174 valence electrons. The van der Waals surface area contributed by atoms with E-state index in [1.807, 2.05) is 45.0 Å². The molecule has 6 nitrogen and oxygen atoms in total. The van der Waals surface area contributed by atoms with Gasteiger partial charge in [-0.15, -0.1) is 0 Å². The van der Waals surface area contributed by atoms with Crippen molar-refractivity contribution in [3.63, 3.8) is 0 Å². The lowest BCUT2D eigenvalue weighted by Crippen LogP contribution is -2.43. The number of hydrogen-bond donors (Lipinski definition) is 2. The number of halogens is 1. The average molecular weight is 445 g/mol. The van der Waals surface area contributed by atoms with Crippen molar-refractivity contribution in [2.45, 2.75) is 51.7 Å². The van der Waals surface area contributed by atoms with Crippen LogP contribution in [0.15, 0.2) is 42.5 Å². The topological polar surface area (TPSA) is 71.0 Å². The number of benzene rings is 2. The van der Waals surface area contributed by atoms with Crippen LogP contribution >= 0.6 is 0 Å². The molecule has 0 radical (unpaired) electrons. The Labute approximate surface area is 189 Å². The molecule has 0 bridgehead atoms. The third-order valence-electron chi connectivity index (χ3n) is 5.83. The van der Waals surface area contributed by atoms with E-state index in [0.717, 1.165) is 43.0 Å². The van der Waals surface area contributed by atoms with E-state index in [1.165, 1.54) is 12.1 Å². The average Bonchev–Trinajstić information content (AvgIpc) is 2.76. The zero-order chi connectivity index (χ0) is 23.1. The van der Waals surface area contributed by atoms with Crippen molar-refractivity contribution in [2.75, 3.05) is 36.5 Å². The number of aliphatic carboxylic acids is 1. The van der Waals surface area contributed by atoms with Gasteiger partial charge in [-0.25, -0.2) is 9.18 Å². The molecular weight excluding hydrogens is 411 g/mol. The summed E-state index contributed by atoms with van der Waals surface area (Å²) >= 11 is 0. The molecule has 0 aliphatic carbocycles. The van der Waals surface area contributed by atoms with Gasteiger partial charge in [-0.2, -0.15) is 0 Å². The van der Waals surface area contributed by atoms with E-state index in [0.29, 0.717) is 25.2 Å². The highest BCUT2D eigenvalue weighted by Gasteiger charge is 2.37. The number of nitrogens with one attached hydrogen (secondary N) is 1. The smallest absolute Gasteiger partial charge is 0.336 e. The Bertz CT molecular complexity index is 905. The molecule has 0 saturated heterocycles. The van der Waals surface area contributed by atoms with E-state index in [-0.39, 0.29) is 11.9 Å². The lowest BCUT2D eigenvalue weighted by Gasteiger charge is -2.35. The summed E-state index contributed by atoms with van der Waals surface area (Å²) in [4.78, 5) is 14.0. The monoisotopic (exact) mass is 444 g/mol. The van der Waals surface area contributed by atoms with E-state index < -0.39 is 11.6 Å². The maximum Gasteiger partial charge on any atom is 0.336 e. The van der Waals surface area contributed by atoms with E-state index in [2.05, 4.69) is 10.2 Å². The molecule has 0 saturated carbocycles. The minimum Gasteiger partial charge on any atom is -0.487 e. The highest BCUT2D eigenvalue weighted by atomic mass is 19.1. The second-order valence-corrected chi connectivity index (χ2v) is 8.23. The summed E-state index contributed by atoms with van der Waals surface area (Å²) in [5, 5.41) is 13.1. The molecule has 0 aromatic heterocycles. The second kappa shape index (κ2) is 10.7. The standard InChI is InChI=1S/C25H33FN2O4/c1-4-25(24(29)30,31-5-2)16-19-7-10-21(11-8-19)27-13-6-14-28-17-18(3)32-23-15-20(26)9-12-22(23)28/h7-12,15,18,27H,4-6,13-14,16-17H2,1-3H3,(H,29,30). The van der Waals surface area contributed by atoms with E-state index in [1.54, 1.807) is 6.07 Å². The van der Waals surface area contributed by atoms with Crippen LogP contribution in [-0.4, -0.2) is 49.0 Å². The second-order valence-electron chi connectivity index (χ2n) is 8.23. The fraction of sp³-hybridized carbons (Fsp3) is 0.480. The molecule has 2 aromatic rings. The van der Waals surface area contributed by atoms with E-state index in [4.69, 9.17) is 9.47 Å². The van der Waals surface area contributed by atoms with Crippen molar-refractivity contribution in [3.05, 3.63) is 53.8 Å². The van der Waals surface area contributed by atoms with Crippen LogP contribution in [0.2, 0.25) is 0 Å². The number of anilines is 2. The number of ether oxygens (including phenoxy) is 2. The van der Waals surface area contributed by atoms with Crippen molar-refractivity contribution in [3.8, 4) is 5.75 Å². The number of nitrogens with zero attached hydrogens (tertiary/aromatic N) is 1. The van der Waals surface area contributed by atoms with Crippen molar-refractivity contribution in [2.24, 2.45) is 0 Å². The minimum absolute atomic E-state index is 0.0162. The lowest BCUT2D eigenvalue weighted by molar-refractivity contribution is -0.166. The molecule has 0 amide bonds. The number of carboxylic acids is 1. The van der Waals surface area contributed by atoms with Gasteiger partial charge in [0.1, 0.15) is 17.7 Å². The molecule has 2 aromatic carbocycles. The van der Waals surface area contributed by atoms with Crippen LogP contribution in [0, 0.1) is 5.82 Å². The zero-order valence-corrected chi connectivity index (χ0v) is 19.1. The van der Waals surface area contributed by atoms with Crippen LogP contribution < -0.4 is 15.0 Å². The van der Waals surface area contributed by atoms with Crippen LogP contribution in [0.4, 0.5) is 15.8 Å². The van der Waals surface area contributed by atoms with Gasteiger partial charge in [0.05, 0.1) is 12.2 Å². The summed E-state index contributed by atoms with van der Waals surface area (Å²) in [5.74, 6) is -0.613. The SMILES string of the molecule is CCOC(CC)(Cc1ccc(NCCCN2CC(C)Oc3cc(F)ccc32)cc1)C(=O)O. The number of hydrogen-bond acceptors (Lipinski definition) is 5. The lowest BCUT2D eigenvalue weighted by atomic mass is 9.91. The first-order chi connectivity index (χ1) is 15.4. The first-order valence-electron chi connectivity index (χ1n) is 11.3. The summed E-state index contributed by atoms with van der Waals surface area (Å²) in [6, 6.07) is 12.5. The quantitative estimate of drug-likeness (QED) is 0.489. The molecule has 2 atom stereocenters. The summed E-state index contributed by atoms with van der Waals surface area (Å²) in [6.07, 6.45) is 1.67. The van der Waals surface area contributed by atoms with Crippen molar-refractivity contribution >= 4 is 17.3 Å². The number of fused-ring (bicyclic) bond motifs is 1. The molecule has 2 unspecified atom stereocenters. The van der Waals surface area contributed by atoms with Crippen LogP contribution in [0.25, 0.3) is 0 Å². The third-order valence-corrected chi connectivity index (χ3v) is 5.83. The number of carboxylic acid groups (broad SMARTS) is 1. The molecule has 0 fully saturated rings. The Balaban J connectivity index is 1.52. The summed E-state index contributed by atoms with van der Waals surface area (Å²) in [5.41, 5.74) is 1.67. The first kappa shape index (κ1) is 23.9. The highest BCUT2D eigenvalue weighted by Crippen LogP contribution is 2.34. The Morgan fingerprint density at radius 1 is 1.28 bits per heavy atom. The van der Waals surface area contributed by atoms with Crippen LogP contribution in [-0.2, 0) is 16.0 Å². The molecular formula is C25H33FN2O4. The predicted octanol–water partition coefficient (Wildman–Crippen LogP) is 4.73. The normalized spacial score (nSPS) is 17.2. The van der Waals surface area contributed by atoms with E-state index >= 15 is 0 Å². The summed E-state index contributed by atoms with van der Waals surface area (Å²) < 4.78 is 24.9. The number of rotatable bonds is 11. The molecule has 1 aliphatic heterocycles. The molecule has 32 heavy (non-hydrogen) atoms. The Kier molecular flexibility index (Phi) is 7.96. The molecule has 3 rings (SSSR count). The molecule has 2 N–H and O–H groups in total. The maximum absolute atomic E-state index is 13.5. The summed E-state index contributed by atoms with van der Waals surface area (Å²) in [7, 11) is 0. The predicted molar refractivity (Wildman–Crippen MR) is 124 cm³/mol. The Hall–Kier alpha value is -2.80. The van der Waals surface area contributed by atoms with Gasteiger partial charge in [-0.3, -0.25) is 0 Å². The molecule has 1 aliphatic rings. The van der Waals surface area contributed by atoms with Crippen LogP contribution in [0.5, 0.6) is 5.75 Å². The molecule has 0 spiro atoms. The van der Waals surface area contributed by atoms with Crippen molar-refractivity contribution in [1.29, 1.82) is 0 Å². The molecule has 1 heterocycles. The largest absolute Gasteiger partial charge is 0.487 e. The van der Waals surface area contributed by atoms with Gasteiger partial charge < -0.3 is 24.8 Å². The van der Waals surface area contributed by atoms with Gasteiger partial charge in [-0.1, -0.05) is 19.1 Å². The van der Waals surface area contributed by atoms with Gasteiger partial charge >= 0.3 is 5.97 Å². The number of carbonyl (C=O) groups is 1. The summed E-state index contributed by atoms with van der Waals surface area (Å²) in [6.45, 7) is 8.40. The van der Waals surface area contributed by atoms with Gasteiger partial charge in [0.25, 0.3) is 0 Å². The van der Waals surface area contributed by atoms with Gasteiger partial charge in [0, 0.05) is 37.9 Å². The van der Waals surface area contributed by atoms with E-state index in [9.17, 15) is 14.3 Å². The van der Waals surface area contributed by atoms with Gasteiger partial charge in [0.2, 0.25) is 0 Å². The van der Waals surface area contributed by atoms with Crippen LogP contribution in [0.3, 0.4) is 0 Å². The zero-order valence-electron chi connectivity index (χ0n) is 19.1. The highest BCUT2D eigenvalue weighted by molar-refractivity contribution is 5.78. The van der Waals surface area contributed by atoms with Gasteiger partial charge in [0.15, 0.2) is 5.60 Å². The maximum atomic E-state index is 13.5. The fourth-order valence-electron chi connectivity index (χ4n) is 4.13. The third kappa shape index (κ3) is 5.71.